The van der Waals surface area contributed by atoms with Crippen molar-refractivity contribution in [2.45, 2.75) is 25.2 Å². The van der Waals surface area contributed by atoms with Gasteiger partial charge in [0.25, 0.3) is 5.91 Å². The van der Waals surface area contributed by atoms with Gasteiger partial charge in [0.2, 0.25) is 5.95 Å². The van der Waals surface area contributed by atoms with Crippen LogP contribution in [0.4, 0.5) is 5.95 Å². The van der Waals surface area contributed by atoms with Crippen molar-refractivity contribution < 1.29 is 4.79 Å². The van der Waals surface area contributed by atoms with Gasteiger partial charge in [0.1, 0.15) is 5.69 Å². The van der Waals surface area contributed by atoms with E-state index in [1.54, 1.807) is 12.3 Å². The second kappa shape index (κ2) is 5.29. The van der Waals surface area contributed by atoms with Crippen LogP contribution in [0.15, 0.2) is 18.5 Å². The number of carbonyl (C=O) groups is 1. The molecule has 2 fully saturated rings. The minimum atomic E-state index is 0.0399. The lowest BCUT2D eigenvalue weighted by Crippen LogP contribution is -2.30. The van der Waals surface area contributed by atoms with Crippen molar-refractivity contribution in [1.29, 1.82) is 0 Å². The molecule has 1 amide bonds. The molecule has 4 heterocycles. The highest BCUT2D eigenvalue weighted by Gasteiger charge is 2.43. The summed E-state index contributed by atoms with van der Waals surface area (Å²) in [6, 6.07) is 1.73. The van der Waals surface area contributed by atoms with Crippen LogP contribution in [0.1, 0.15) is 40.5 Å². The van der Waals surface area contributed by atoms with Gasteiger partial charge in [-0.15, -0.1) is 0 Å². The predicted molar refractivity (Wildman–Crippen MR) is 87.9 cm³/mol. The van der Waals surface area contributed by atoms with Crippen LogP contribution in [0.3, 0.4) is 0 Å². The predicted octanol–water partition coefficient (Wildman–Crippen LogP) is 1.21. The summed E-state index contributed by atoms with van der Waals surface area (Å²) in [6.07, 6.45) is 7.04. The lowest BCUT2D eigenvalue weighted by Gasteiger charge is -2.18. The number of amides is 1. The Balaban J connectivity index is 1.36. The van der Waals surface area contributed by atoms with Gasteiger partial charge < -0.3 is 9.80 Å². The Kier molecular flexibility index (Phi) is 3.08. The Morgan fingerprint density at radius 2 is 2.12 bits per heavy atom. The molecule has 124 valence electrons. The Bertz CT molecular complexity index is 767. The first kappa shape index (κ1) is 13.9. The first-order valence-electron chi connectivity index (χ1n) is 8.69. The summed E-state index contributed by atoms with van der Waals surface area (Å²) in [4.78, 5) is 26.1. The Hall–Kier alpha value is -2.44. The highest BCUT2D eigenvalue weighted by molar-refractivity contribution is 5.92. The smallest absolute Gasteiger partial charge is 0.271 e. The summed E-state index contributed by atoms with van der Waals surface area (Å²) in [5, 5.41) is 6.64. The maximum Gasteiger partial charge on any atom is 0.271 e. The van der Waals surface area contributed by atoms with E-state index in [0.29, 0.717) is 17.5 Å². The standard InChI is InChI=1S/C17H20N6O/c24-16(14-3-4-19-21-14)23-9-11-7-15-12(13(11)10-23)8-18-17(20-15)22-5-1-2-6-22/h3-4,8,11,13H,1-2,5-7,9-10H2,(H,19,21). The molecule has 2 aromatic heterocycles. The molecule has 24 heavy (non-hydrogen) atoms. The number of aromatic amines is 1. The number of nitrogens with one attached hydrogen (secondary N) is 1. The molecule has 0 radical (unpaired) electrons. The van der Waals surface area contributed by atoms with Crippen molar-refractivity contribution in [3.8, 4) is 0 Å². The molecule has 3 aliphatic rings. The lowest BCUT2D eigenvalue weighted by atomic mass is 9.98. The van der Waals surface area contributed by atoms with E-state index in [2.05, 4.69) is 20.1 Å². The number of carbonyl (C=O) groups excluding carboxylic acids is 1. The molecule has 2 aliphatic heterocycles. The topological polar surface area (TPSA) is 78.0 Å². The fourth-order valence-corrected chi connectivity index (χ4v) is 4.35. The van der Waals surface area contributed by atoms with Gasteiger partial charge in [0, 0.05) is 50.2 Å². The number of hydrogen-bond donors (Lipinski definition) is 1. The van der Waals surface area contributed by atoms with Crippen LogP contribution in [0, 0.1) is 5.92 Å². The molecule has 1 N–H and O–H groups in total. The molecule has 2 saturated heterocycles. The van der Waals surface area contributed by atoms with Gasteiger partial charge in [-0.25, -0.2) is 9.97 Å². The van der Waals surface area contributed by atoms with Crippen LogP contribution in [-0.4, -0.2) is 57.2 Å². The van der Waals surface area contributed by atoms with Gasteiger partial charge in [-0.05, 0) is 36.8 Å². The zero-order valence-corrected chi connectivity index (χ0v) is 13.5. The molecular weight excluding hydrogens is 304 g/mol. The third kappa shape index (κ3) is 2.11. The number of fused-ring (bicyclic) bond motifs is 3. The van der Waals surface area contributed by atoms with Gasteiger partial charge in [-0.2, -0.15) is 5.10 Å². The molecular formula is C17H20N6O. The van der Waals surface area contributed by atoms with Crippen molar-refractivity contribution in [3.05, 3.63) is 35.4 Å². The molecule has 2 aromatic rings. The van der Waals surface area contributed by atoms with Crippen LogP contribution in [0.5, 0.6) is 0 Å². The monoisotopic (exact) mass is 324 g/mol. The largest absolute Gasteiger partial charge is 0.341 e. The average Bonchev–Trinajstić information content (AvgIpc) is 3.37. The number of likely N-dealkylation sites (tertiary alicyclic amines) is 1. The van der Waals surface area contributed by atoms with E-state index in [9.17, 15) is 4.79 Å². The SMILES string of the molecule is O=C(c1ccn[nH]1)N1CC2Cc3nc(N4CCCC4)ncc3C2C1. The van der Waals surface area contributed by atoms with E-state index < -0.39 is 0 Å². The van der Waals surface area contributed by atoms with Crippen molar-refractivity contribution in [2.24, 2.45) is 5.92 Å². The molecule has 0 saturated carbocycles. The third-order valence-electron chi connectivity index (χ3n) is 5.59. The quantitative estimate of drug-likeness (QED) is 0.898. The maximum atomic E-state index is 12.5. The van der Waals surface area contributed by atoms with Crippen LogP contribution < -0.4 is 4.90 Å². The van der Waals surface area contributed by atoms with E-state index in [-0.39, 0.29) is 5.91 Å². The zero-order valence-electron chi connectivity index (χ0n) is 13.5. The Labute approximate surface area is 140 Å². The Morgan fingerprint density at radius 1 is 1.25 bits per heavy atom. The molecule has 7 nitrogen and oxygen atoms in total. The third-order valence-corrected chi connectivity index (χ3v) is 5.59. The first-order chi connectivity index (χ1) is 11.8. The van der Waals surface area contributed by atoms with E-state index in [4.69, 9.17) is 4.98 Å². The molecule has 0 spiro atoms. The minimum absolute atomic E-state index is 0.0399. The molecule has 5 rings (SSSR count). The zero-order chi connectivity index (χ0) is 16.1. The molecule has 2 atom stereocenters. The van der Waals surface area contributed by atoms with E-state index >= 15 is 0 Å². The van der Waals surface area contributed by atoms with E-state index in [0.717, 1.165) is 38.5 Å². The second-order valence-corrected chi connectivity index (χ2v) is 7.02. The second-order valence-electron chi connectivity index (χ2n) is 7.02. The minimum Gasteiger partial charge on any atom is -0.341 e. The number of hydrogen-bond acceptors (Lipinski definition) is 5. The van der Waals surface area contributed by atoms with Gasteiger partial charge in [0.15, 0.2) is 0 Å². The molecule has 0 aromatic carbocycles. The van der Waals surface area contributed by atoms with Crippen LogP contribution in [0.2, 0.25) is 0 Å². The number of rotatable bonds is 2. The molecule has 2 unspecified atom stereocenters. The van der Waals surface area contributed by atoms with Crippen molar-refractivity contribution >= 4 is 11.9 Å². The summed E-state index contributed by atoms with van der Waals surface area (Å²) in [5.74, 6) is 1.77. The fraction of sp³-hybridized carbons (Fsp3) is 0.529. The molecule has 0 bridgehead atoms. The van der Waals surface area contributed by atoms with Gasteiger partial charge in [-0.1, -0.05) is 0 Å². The highest BCUT2D eigenvalue weighted by Crippen LogP contribution is 2.42. The number of H-pyrrole nitrogens is 1. The molecule has 1 aliphatic carbocycles. The van der Waals surface area contributed by atoms with E-state index in [1.807, 2.05) is 11.1 Å². The van der Waals surface area contributed by atoms with Crippen LogP contribution >= 0.6 is 0 Å². The summed E-state index contributed by atoms with van der Waals surface area (Å²) < 4.78 is 0. The number of anilines is 1. The highest BCUT2D eigenvalue weighted by atomic mass is 16.2. The summed E-state index contributed by atoms with van der Waals surface area (Å²) in [7, 11) is 0. The van der Waals surface area contributed by atoms with Crippen molar-refractivity contribution in [1.82, 2.24) is 25.1 Å². The maximum absolute atomic E-state index is 12.5. The first-order valence-corrected chi connectivity index (χ1v) is 8.69. The van der Waals surface area contributed by atoms with Gasteiger partial charge >= 0.3 is 0 Å². The lowest BCUT2D eigenvalue weighted by molar-refractivity contribution is 0.0779. The van der Waals surface area contributed by atoms with Gasteiger partial charge in [0.05, 0.1) is 0 Å². The van der Waals surface area contributed by atoms with Crippen LogP contribution in [0.25, 0.3) is 0 Å². The normalized spacial score (nSPS) is 25.2. The average molecular weight is 324 g/mol. The summed E-state index contributed by atoms with van der Waals surface area (Å²) in [5.41, 5.74) is 2.99. The number of nitrogens with zero attached hydrogens (tertiary/aromatic N) is 5. The van der Waals surface area contributed by atoms with Crippen molar-refractivity contribution in [2.75, 3.05) is 31.1 Å². The van der Waals surface area contributed by atoms with Gasteiger partial charge in [-0.3, -0.25) is 9.89 Å². The summed E-state index contributed by atoms with van der Waals surface area (Å²) >= 11 is 0. The Morgan fingerprint density at radius 3 is 2.92 bits per heavy atom. The van der Waals surface area contributed by atoms with E-state index in [1.165, 1.54) is 24.1 Å². The molecule has 7 heteroatoms. The number of aromatic nitrogens is 4. The fourth-order valence-electron chi connectivity index (χ4n) is 4.35. The van der Waals surface area contributed by atoms with Crippen molar-refractivity contribution in [3.63, 3.8) is 0 Å². The summed E-state index contributed by atoms with van der Waals surface area (Å²) in [6.45, 7) is 3.68. The van der Waals surface area contributed by atoms with Crippen LogP contribution in [-0.2, 0) is 6.42 Å².